The van der Waals surface area contributed by atoms with Crippen LogP contribution in [0.1, 0.15) is 11.6 Å². The largest absolute Gasteiger partial charge is 0.496 e. The van der Waals surface area contributed by atoms with Gasteiger partial charge in [-0.25, -0.2) is 0 Å². The average molecular weight is 398 g/mol. The third-order valence-electron chi connectivity index (χ3n) is 3.76. The van der Waals surface area contributed by atoms with E-state index >= 15 is 0 Å². The van der Waals surface area contributed by atoms with Crippen molar-refractivity contribution in [3.8, 4) is 5.75 Å². The summed E-state index contributed by atoms with van der Waals surface area (Å²) in [6.45, 7) is 0.615. The van der Waals surface area contributed by atoms with E-state index in [-0.39, 0.29) is 6.04 Å². The molecule has 0 aliphatic rings. The fraction of sp³-hybridized carbons (Fsp3) is 0.278. The summed E-state index contributed by atoms with van der Waals surface area (Å²) in [5.41, 5.74) is 1.80. The van der Waals surface area contributed by atoms with E-state index in [1.165, 1.54) is 0 Å². The standard InChI is InChI=1S/C18H21Cl2N3OS/c1-23(2)16(13-6-4-5-7-17(13)24-3)11-21-18(25)22-15-9-8-12(19)10-14(15)20/h4-10,16H,11H2,1-3H3,(H2,21,22,25)/t16-/m1/s1. The van der Waals surface area contributed by atoms with Crippen LogP contribution < -0.4 is 15.4 Å². The first-order valence-corrected chi connectivity index (χ1v) is 8.88. The van der Waals surface area contributed by atoms with Crippen LogP contribution in [0, 0.1) is 0 Å². The molecule has 2 rings (SSSR count). The Labute approximate surface area is 164 Å². The molecule has 0 amide bonds. The molecule has 0 radical (unpaired) electrons. The van der Waals surface area contributed by atoms with Crippen molar-refractivity contribution in [2.75, 3.05) is 33.1 Å². The van der Waals surface area contributed by atoms with E-state index in [9.17, 15) is 0 Å². The van der Waals surface area contributed by atoms with E-state index < -0.39 is 0 Å². The monoisotopic (exact) mass is 397 g/mol. The molecular formula is C18H21Cl2N3OS. The van der Waals surface area contributed by atoms with Crippen LogP contribution in [0.15, 0.2) is 42.5 Å². The van der Waals surface area contributed by atoms with Crippen LogP contribution in [-0.2, 0) is 0 Å². The molecule has 4 nitrogen and oxygen atoms in total. The Morgan fingerprint density at radius 2 is 1.92 bits per heavy atom. The maximum Gasteiger partial charge on any atom is 0.170 e. The summed E-state index contributed by atoms with van der Waals surface area (Å²) in [4.78, 5) is 2.11. The molecular weight excluding hydrogens is 377 g/mol. The molecule has 0 saturated carbocycles. The molecule has 2 aromatic carbocycles. The Balaban J connectivity index is 2.04. The summed E-state index contributed by atoms with van der Waals surface area (Å²) in [7, 11) is 5.71. The molecule has 0 bridgehead atoms. The summed E-state index contributed by atoms with van der Waals surface area (Å²) in [5.74, 6) is 0.850. The summed E-state index contributed by atoms with van der Waals surface area (Å²) >= 11 is 17.5. The van der Waals surface area contributed by atoms with E-state index in [1.54, 1.807) is 25.3 Å². The summed E-state index contributed by atoms with van der Waals surface area (Å²) < 4.78 is 5.47. The number of anilines is 1. The zero-order valence-corrected chi connectivity index (χ0v) is 16.7. The fourth-order valence-electron chi connectivity index (χ4n) is 2.46. The van der Waals surface area contributed by atoms with Crippen molar-refractivity contribution in [1.82, 2.24) is 10.2 Å². The Morgan fingerprint density at radius 3 is 2.56 bits per heavy atom. The number of thiocarbonyl (C=S) groups is 1. The van der Waals surface area contributed by atoms with E-state index in [0.29, 0.717) is 27.4 Å². The molecule has 0 fully saturated rings. The lowest BCUT2D eigenvalue weighted by Crippen LogP contribution is -2.36. The molecule has 0 aromatic heterocycles. The minimum atomic E-state index is 0.0941. The molecule has 0 aliphatic carbocycles. The first kappa shape index (κ1) is 19.8. The first-order chi connectivity index (χ1) is 11.9. The Kier molecular flexibility index (Phi) is 7.32. The minimum absolute atomic E-state index is 0.0941. The second-order valence-corrected chi connectivity index (χ2v) is 6.93. The highest BCUT2D eigenvalue weighted by Crippen LogP contribution is 2.28. The topological polar surface area (TPSA) is 36.5 Å². The van der Waals surface area contributed by atoms with Gasteiger partial charge >= 0.3 is 0 Å². The smallest absolute Gasteiger partial charge is 0.170 e. The van der Waals surface area contributed by atoms with Crippen molar-refractivity contribution in [2.45, 2.75) is 6.04 Å². The Hall–Kier alpha value is -1.53. The number of benzene rings is 2. The third kappa shape index (κ3) is 5.47. The molecule has 0 heterocycles. The van der Waals surface area contributed by atoms with Gasteiger partial charge in [0.25, 0.3) is 0 Å². The van der Waals surface area contributed by atoms with Crippen LogP contribution in [0.3, 0.4) is 0 Å². The summed E-state index contributed by atoms with van der Waals surface area (Å²) in [5, 5.41) is 7.92. The van der Waals surface area contributed by atoms with Crippen LogP contribution in [0.5, 0.6) is 5.75 Å². The number of hydrogen-bond donors (Lipinski definition) is 2. The minimum Gasteiger partial charge on any atom is -0.496 e. The van der Waals surface area contributed by atoms with Crippen LogP contribution in [0.4, 0.5) is 5.69 Å². The Bertz CT molecular complexity index is 740. The number of methoxy groups -OCH3 is 1. The van der Waals surface area contributed by atoms with Gasteiger partial charge in [-0.15, -0.1) is 0 Å². The van der Waals surface area contributed by atoms with Gasteiger partial charge in [0, 0.05) is 17.1 Å². The molecule has 7 heteroatoms. The second-order valence-electron chi connectivity index (χ2n) is 5.68. The number of halogens is 2. The third-order valence-corrected chi connectivity index (χ3v) is 4.55. The summed E-state index contributed by atoms with van der Waals surface area (Å²) in [6, 6.07) is 13.3. The molecule has 0 unspecified atom stereocenters. The summed E-state index contributed by atoms with van der Waals surface area (Å²) in [6.07, 6.45) is 0. The number of likely N-dealkylation sites (N-methyl/N-ethyl adjacent to an activating group) is 1. The molecule has 0 aliphatic heterocycles. The SMILES string of the molecule is COc1ccccc1[C@@H](CNC(=S)Nc1ccc(Cl)cc1Cl)N(C)C. The number of hydrogen-bond acceptors (Lipinski definition) is 3. The lowest BCUT2D eigenvalue weighted by Gasteiger charge is -2.27. The van der Waals surface area contributed by atoms with E-state index in [4.69, 9.17) is 40.2 Å². The van der Waals surface area contributed by atoms with Crippen molar-refractivity contribution in [3.63, 3.8) is 0 Å². The normalized spacial score (nSPS) is 11.9. The van der Waals surface area contributed by atoms with Crippen molar-refractivity contribution in [2.24, 2.45) is 0 Å². The van der Waals surface area contributed by atoms with Crippen LogP contribution in [-0.4, -0.2) is 37.8 Å². The predicted octanol–water partition coefficient (Wildman–Crippen LogP) is 4.59. The number of nitrogens with zero attached hydrogens (tertiary/aromatic N) is 1. The highest BCUT2D eigenvalue weighted by atomic mass is 35.5. The maximum absolute atomic E-state index is 6.16. The molecule has 0 saturated heterocycles. The van der Waals surface area contributed by atoms with Gasteiger partial charge in [-0.3, -0.25) is 0 Å². The van der Waals surface area contributed by atoms with Crippen molar-refractivity contribution < 1.29 is 4.74 Å². The van der Waals surface area contributed by atoms with Gasteiger partial charge in [0.05, 0.1) is 23.9 Å². The zero-order chi connectivity index (χ0) is 18.4. The molecule has 134 valence electrons. The zero-order valence-electron chi connectivity index (χ0n) is 14.3. The van der Waals surface area contributed by atoms with Gasteiger partial charge in [0.1, 0.15) is 5.75 Å². The number of rotatable bonds is 6. The fourth-order valence-corrected chi connectivity index (χ4v) is 3.11. The Morgan fingerprint density at radius 1 is 1.20 bits per heavy atom. The van der Waals surface area contributed by atoms with Gasteiger partial charge in [-0.2, -0.15) is 0 Å². The molecule has 2 N–H and O–H groups in total. The highest BCUT2D eigenvalue weighted by molar-refractivity contribution is 7.80. The quantitative estimate of drug-likeness (QED) is 0.696. The van der Waals surface area contributed by atoms with E-state index in [0.717, 1.165) is 11.3 Å². The maximum atomic E-state index is 6.16. The lowest BCUT2D eigenvalue weighted by atomic mass is 10.0. The molecule has 0 spiro atoms. The van der Waals surface area contributed by atoms with Gasteiger partial charge in [0.15, 0.2) is 5.11 Å². The van der Waals surface area contributed by atoms with Crippen molar-refractivity contribution in [1.29, 1.82) is 0 Å². The predicted molar refractivity (Wildman–Crippen MR) is 110 cm³/mol. The van der Waals surface area contributed by atoms with Crippen molar-refractivity contribution in [3.05, 3.63) is 58.1 Å². The molecule has 25 heavy (non-hydrogen) atoms. The lowest BCUT2D eigenvalue weighted by molar-refractivity contribution is 0.288. The van der Waals surface area contributed by atoms with E-state index in [1.807, 2.05) is 32.3 Å². The van der Waals surface area contributed by atoms with Gasteiger partial charge in [0.2, 0.25) is 0 Å². The van der Waals surface area contributed by atoms with Crippen LogP contribution in [0.2, 0.25) is 10.0 Å². The van der Waals surface area contributed by atoms with E-state index in [2.05, 4.69) is 21.6 Å². The number of ether oxygens (including phenoxy) is 1. The van der Waals surface area contributed by atoms with Gasteiger partial charge in [-0.05, 0) is 50.6 Å². The van der Waals surface area contributed by atoms with Crippen molar-refractivity contribution >= 4 is 46.2 Å². The van der Waals surface area contributed by atoms with Gasteiger partial charge in [-0.1, -0.05) is 41.4 Å². The highest BCUT2D eigenvalue weighted by Gasteiger charge is 2.18. The average Bonchev–Trinajstić information content (AvgIpc) is 2.57. The second kappa shape index (κ2) is 9.25. The number of para-hydroxylation sites is 1. The van der Waals surface area contributed by atoms with Gasteiger partial charge < -0.3 is 20.3 Å². The number of nitrogens with one attached hydrogen (secondary N) is 2. The molecule has 1 atom stereocenters. The first-order valence-electron chi connectivity index (χ1n) is 7.71. The van der Waals surface area contributed by atoms with Crippen LogP contribution in [0.25, 0.3) is 0 Å². The molecule has 2 aromatic rings. The van der Waals surface area contributed by atoms with Crippen LogP contribution >= 0.6 is 35.4 Å².